The van der Waals surface area contributed by atoms with Gasteiger partial charge in [-0.1, -0.05) is 70.9 Å². The van der Waals surface area contributed by atoms with Gasteiger partial charge in [0, 0.05) is 6.42 Å². The van der Waals surface area contributed by atoms with Crippen molar-refractivity contribution in [3.63, 3.8) is 0 Å². The van der Waals surface area contributed by atoms with Gasteiger partial charge in [0.15, 0.2) is 0 Å². The van der Waals surface area contributed by atoms with E-state index in [4.69, 9.17) is 4.74 Å². The fraction of sp³-hybridized carbons (Fsp3) is 0.632. The standard InChI is InChI=1S/C19H30O2/c1-3-5-6-7-8-9-10-11-12-19(20)21-18-15-13-17(4-2)14-16-18/h13-16H,3-12H2,1-2H3. The van der Waals surface area contributed by atoms with Crippen molar-refractivity contribution in [3.8, 4) is 5.75 Å². The molecule has 0 aliphatic heterocycles. The summed E-state index contributed by atoms with van der Waals surface area (Å²) in [6.45, 7) is 4.35. The van der Waals surface area contributed by atoms with E-state index in [0.717, 1.165) is 19.3 Å². The first-order valence-corrected chi connectivity index (χ1v) is 8.56. The quantitative estimate of drug-likeness (QED) is 0.297. The van der Waals surface area contributed by atoms with E-state index in [1.807, 2.05) is 24.3 Å². The lowest BCUT2D eigenvalue weighted by Crippen LogP contribution is -2.07. The van der Waals surface area contributed by atoms with Gasteiger partial charge >= 0.3 is 5.97 Å². The SMILES string of the molecule is CCCCCCCCCCC(=O)Oc1ccc(CC)cc1. The van der Waals surface area contributed by atoms with Crippen molar-refractivity contribution in [3.05, 3.63) is 29.8 Å². The van der Waals surface area contributed by atoms with Crippen molar-refractivity contribution in [2.24, 2.45) is 0 Å². The van der Waals surface area contributed by atoms with Crippen molar-refractivity contribution < 1.29 is 9.53 Å². The molecule has 2 nitrogen and oxygen atoms in total. The first-order chi connectivity index (χ1) is 10.3. The van der Waals surface area contributed by atoms with Crippen LogP contribution >= 0.6 is 0 Å². The van der Waals surface area contributed by atoms with E-state index < -0.39 is 0 Å². The molecule has 0 aliphatic rings. The number of carbonyl (C=O) groups is 1. The van der Waals surface area contributed by atoms with E-state index >= 15 is 0 Å². The fourth-order valence-corrected chi connectivity index (χ4v) is 2.38. The summed E-state index contributed by atoms with van der Waals surface area (Å²) < 4.78 is 5.33. The lowest BCUT2D eigenvalue weighted by atomic mass is 10.1. The molecule has 0 atom stereocenters. The van der Waals surface area contributed by atoms with Gasteiger partial charge in [-0.2, -0.15) is 0 Å². The smallest absolute Gasteiger partial charge is 0.311 e. The van der Waals surface area contributed by atoms with Crippen molar-refractivity contribution in [2.75, 3.05) is 0 Å². The lowest BCUT2D eigenvalue weighted by molar-refractivity contribution is -0.134. The van der Waals surface area contributed by atoms with Crippen molar-refractivity contribution >= 4 is 5.97 Å². The molecule has 0 radical (unpaired) electrons. The van der Waals surface area contributed by atoms with Gasteiger partial charge in [0.1, 0.15) is 5.75 Å². The van der Waals surface area contributed by atoms with Gasteiger partial charge in [0.2, 0.25) is 0 Å². The summed E-state index contributed by atoms with van der Waals surface area (Å²) in [6.07, 6.45) is 11.5. The Morgan fingerprint density at radius 2 is 1.43 bits per heavy atom. The Labute approximate surface area is 129 Å². The maximum atomic E-state index is 11.7. The zero-order chi connectivity index (χ0) is 15.3. The van der Waals surface area contributed by atoms with Crippen LogP contribution in [0.3, 0.4) is 0 Å². The van der Waals surface area contributed by atoms with E-state index in [2.05, 4.69) is 13.8 Å². The summed E-state index contributed by atoms with van der Waals surface area (Å²) in [5.41, 5.74) is 1.26. The summed E-state index contributed by atoms with van der Waals surface area (Å²) in [6, 6.07) is 7.78. The minimum Gasteiger partial charge on any atom is -0.427 e. The van der Waals surface area contributed by atoms with Crippen LogP contribution in [0.25, 0.3) is 0 Å². The Morgan fingerprint density at radius 3 is 2.00 bits per heavy atom. The summed E-state index contributed by atoms with van der Waals surface area (Å²) in [4.78, 5) is 11.7. The monoisotopic (exact) mass is 290 g/mol. The molecule has 1 rings (SSSR count). The molecule has 0 saturated heterocycles. The van der Waals surface area contributed by atoms with E-state index in [9.17, 15) is 4.79 Å². The molecular weight excluding hydrogens is 260 g/mol. The number of benzene rings is 1. The molecule has 0 aromatic heterocycles. The Kier molecular flexibility index (Phi) is 9.60. The second-order valence-corrected chi connectivity index (χ2v) is 5.70. The van der Waals surface area contributed by atoms with Gasteiger partial charge in [-0.25, -0.2) is 0 Å². The summed E-state index contributed by atoms with van der Waals surface area (Å²) in [7, 11) is 0. The van der Waals surface area contributed by atoms with Crippen LogP contribution in [-0.2, 0) is 11.2 Å². The number of ether oxygens (including phenoxy) is 1. The molecular formula is C19H30O2. The summed E-state index contributed by atoms with van der Waals surface area (Å²) in [5, 5.41) is 0. The third kappa shape index (κ3) is 8.54. The van der Waals surface area contributed by atoms with E-state index in [1.165, 1.54) is 44.1 Å². The minimum absolute atomic E-state index is 0.106. The molecule has 1 aromatic carbocycles. The largest absolute Gasteiger partial charge is 0.427 e. The molecule has 0 saturated carbocycles. The second-order valence-electron chi connectivity index (χ2n) is 5.70. The second kappa shape index (κ2) is 11.4. The molecule has 1 aromatic rings. The molecule has 21 heavy (non-hydrogen) atoms. The summed E-state index contributed by atoms with van der Waals surface area (Å²) in [5.74, 6) is 0.557. The van der Waals surface area contributed by atoms with E-state index in [-0.39, 0.29) is 5.97 Å². The number of hydrogen-bond donors (Lipinski definition) is 0. The molecule has 0 amide bonds. The van der Waals surface area contributed by atoms with Gasteiger partial charge in [-0.3, -0.25) is 4.79 Å². The van der Waals surface area contributed by atoms with Crippen LogP contribution in [0.1, 0.15) is 77.2 Å². The number of aryl methyl sites for hydroxylation is 1. The van der Waals surface area contributed by atoms with Gasteiger partial charge in [0.25, 0.3) is 0 Å². The van der Waals surface area contributed by atoms with Gasteiger partial charge in [-0.05, 0) is 30.5 Å². The van der Waals surface area contributed by atoms with Crippen LogP contribution in [0.5, 0.6) is 5.75 Å². The first-order valence-electron chi connectivity index (χ1n) is 8.56. The molecule has 2 heteroatoms. The van der Waals surface area contributed by atoms with Gasteiger partial charge in [-0.15, -0.1) is 0 Å². The van der Waals surface area contributed by atoms with Crippen molar-refractivity contribution in [1.82, 2.24) is 0 Å². The zero-order valence-electron chi connectivity index (χ0n) is 13.7. The minimum atomic E-state index is -0.106. The topological polar surface area (TPSA) is 26.3 Å². The van der Waals surface area contributed by atoms with E-state index in [0.29, 0.717) is 12.2 Å². The fourth-order valence-electron chi connectivity index (χ4n) is 2.38. The maximum absolute atomic E-state index is 11.7. The lowest BCUT2D eigenvalue weighted by Gasteiger charge is -2.05. The highest BCUT2D eigenvalue weighted by Gasteiger charge is 2.04. The molecule has 118 valence electrons. The maximum Gasteiger partial charge on any atom is 0.311 e. The average Bonchev–Trinajstić information content (AvgIpc) is 2.50. The van der Waals surface area contributed by atoms with Crippen LogP contribution in [0, 0.1) is 0 Å². The predicted octanol–water partition coefficient (Wildman–Crippen LogP) is 5.69. The highest BCUT2D eigenvalue weighted by molar-refractivity contribution is 5.72. The number of rotatable bonds is 11. The molecule has 0 heterocycles. The third-order valence-electron chi connectivity index (χ3n) is 3.80. The molecule has 0 fully saturated rings. The summed E-state index contributed by atoms with van der Waals surface area (Å²) >= 11 is 0. The van der Waals surface area contributed by atoms with E-state index in [1.54, 1.807) is 0 Å². The Morgan fingerprint density at radius 1 is 0.857 bits per heavy atom. The van der Waals surface area contributed by atoms with Crippen LogP contribution in [-0.4, -0.2) is 5.97 Å². The highest BCUT2D eigenvalue weighted by Crippen LogP contribution is 2.14. The average molecular weight is 290 g/mol. The Balaban J connectivity index is 2.05. The molecule has 0 unspecified atom stereocenters. The normalized spacial score (nSPS) is 10.6. The van der Waals surface area contributed by atoms with Gasteiger partial charge in [0.05, 0.1) is 0 Å². The number of hydrogen-bond acceptors (Lipinski definition) is 2. The highest BCUT2D eigenvalue weighted by atomic mass is 16.5. The van der Waals surface area contributed by atoms with Crippen molar-refractivity contribution in [2.45, 2.75) is 78.1 Å². The van der Waals surface area contributed by atoms with Crippen molar-refractivity contribution in [1.29, 1.82) is 0 Å². The zero-order valence-corrected chi connectivity index (χ0v) is 13.7. The third-order valence-corrected chi connectivity index (χ3v) is 3.80. The van der Waals surface area contributed by atoms with Crippen LogP contribution in [0.2, 0.25) is 0 Å². The van der Waals surface area contributed by atoms with Crippen LogP contribution < -0.4 is 4.74 Å². The number of carbonyl (C=O) groups excluding carboxylic acids is 1. The Hall–Kier alpha value is -1.31. The molecule has 0 N–H and O–H groups in total. The molecule has 0 spiro atoms. The van der Waals surface area contributed by atoms with Crippen LogP contribution in [0.4, 0.5) is 0 Å². The molecule has 0 aliphatic carbocycles. The predicted molar refractivity (Wildman–Crippen MR) is 88.7 cm³/mol. The number of esters is 1. The number of unbranched alkanes of at least 4 members (excludes halogenated alkanes) is 7. The Bertz CT molecular complexity index is 381. The first kappa shape index (κ1) is 17.7. The van der Waals surface area contributed by atoms with Gasteiger partial charge < -0.3 is 4.74 Å². The molecule has 0 bridgehead atoms. The van der Waals surface area contributed by atoms with Crippen LogP contribution in [0.15, 0.2) is 24.3 Å².